The second kappa shape index (κ2) is 6.14. The Labute approximate surface area is 118 Å². The van der Waals surface area contributed by atoms with Crippen LogP contribution in [-0.4, -0.2) is 22.1 Å². The standard InChI is InChI=1S/C15H18N4O/c1-10(2)16-15(20)13-7-8-14(19-18-13)17-12-6-4-5-11(3)9-12/h4-10H,1-3H3,(H,16,20)(H,17,19). The van der Waals surface area contributed by atoms with E-state index in [9.17, 15) is 4.79 Å². The first-order valence-electron chi connectivity index (χ1n) is 6.53. The maximum atomic E-state index is 11.7. The highest BCUT2D eigenvalue weighted by Crippen LogP contribution is 2.15. The minimum atomic E-state index is -0.213. The number of hydrogen-bond acceptors (Lipinski definition) is 4. The van der Waals surface area contributed by atoms with Crippen LogP contribution in [-0.2, 0) is 0 Å². The minimum absolute atomic E-state index is 0.0781. The molecule has 0 unspecified atom stereocenters. The van der Waals surface area contributed by atoms with Crippen molar-refractivity contribution < 1.29 is 4.79 Å². The van der Waals surface area contributed by atoms with Crippen LogP contribution in [0, 0.1) is 6.92 Å². The second-order valence-electron chi connectivity index (χ2n) is 4.93. The summed E-state index contributed by atoms with van der Waals surface area (Å²) in [4.78, 5) is 11.7. The molecule has 0 fully saturated rings. The molecule has 1 amide bonds. The van der Waals surface area contributed by atoms with E-state index in [-0.39, 0.29) is 11.9 Å². The Balaban J connectivity index is 2.07. The molecule has 2 rings (SSSR count). The zero-order valence-electron chi connectivity index (χ0n) is 11.8. The maximum absolute atomic E-state index is 11.7. The summed E-state index contributed by atoms with van der Waals surface area (Å²) in [6.45, 7) is 5.83. The number of rotatable bonds is 4. The van der Waals surface area contributed by atoms with Crippen LogP contribution in [0.3, 0.4) is 0 Å². The quantitative estimate of drug-likeness (QED) is 0.896. The summed E-state index contributed by atoms with van der Waals surface area (Å²) in [5, 5.41) is 13.9. The molecule has 1 aromatic carbocycles. The van der Waals surface area contributed by atoms with Crippen LogP contribution in [0.1, 0.15) is 29.9 Å². The maximum Gasteiger partial charge on any atom is 0.271 e. The van der Waals surface area contributed by atoms with Crippen LogP contribution >= 0.6 is 0 Å². The molecule has 0 radical (unpaired) electrons. The van der Waals surface area contributed by atoms with Gasteiger partial charge in [-0.05, 0) is 50.6 Å². The van der Waals surface area contributed by atoms with E-state index in [2.05, 4.69) is 20.8 Å². The first-order valence-corrected chi connectivity index (χ1v) is 6.53. The smallest absolute Gasteiger partial charge is 0.271 e. The molecule has 0 aliphatic rings. The third-order valence-electron chi connectivity index (χ3n) is 2.61. The number of carbonyl (C=O) groups excluding carboxylic acids is 1. The molecule has 1 aromatic heterocycles. The van der Waals surface area contributed by atoms with Crippen molar-refractivity contribution in [3.05, 3.63) is 47.7 Å². The molecule has 2 aromatic rings. The lowest BCUT2D eigenvalue weighted by Crippen LogP contribution is -2.30. The Morgan fingerprint density at radius 3 is 2.55 bits per heavy atom. The van der Waals surface area contributed by atoms with Crippen molar-refractivity contribution in [3.63, 3.8) is 0 Å². The topological polar surface area (TPSA) is 66.9 Å². The summed E-state index contributed by atoms with van der Waals surface area (Å²) in [5.41, 5.74) is 2.42. The lowest BCUT2D eigenvalue weighted by Gasteiger charge is -2.08. The summed E-state index contributed by atoms with van der Waals surface area (Å²) < 4.78 is 0. The summed E-state index contributed by atoms with van der Waals surface area (Å²) in [6.07, 6.45) is 0. The molecule has 20 heavy (non-hydrogen) atoms. The Morgan fingerprint density at radius 2 is 1.95 bits per heavy atom. The predicted molar refractivity (Wildman–Crippen MR) is 79.1 cm³/mol. The van der Waals surface area contributed by atoms with Gasteiger partial charge in [0.1, 0.15) is 0 Å². The van der Waals surface area contributed by atoms with Gasteiger partial charge in [-0.2, -0.15) is 0 Å². The van der Waals surface area contributed by atoms with Gasteiger partial charge in [-0.3, -0.25) is 4.79 Å². The van der Waals surface area contributed by atoms with Gasteiger partial charge in [0.2, 0.25) is 0 Å². The Hall–Kier alpha value is -2.43. The third kappa shape index (κ3) is 3.78. The SMILES string of the molecule is Cc1cccc(Nc2ccc(C(=O)NC(C)C)nn2)c1. The number of amides is 1. The number of aromatic nitrogens is 2. The Kier molecular flexibility index (Phi) is 4.30. The Bertz CT molecular complexity index is 593. The van der Waals surface area contributed by atoms with Crippen LogP contribution in [0.2, 0.25) is 0 Å². The van der Waals surface area contributed by atoms with E-state index in [4.69, 9.17) is 0 Å². The Morgan fingerprint density at radius 1 is 1.15 bits per heavy atom. The molecule has 2 N–H and O–H groups in total. The van der Waals surface area contributed by atoms with Crippen molar-refractivity contribution in [2.45, 2.75) is 26.8 Å². The average molecular weight is 270 g/mol. The van der Waals surface area contributed by atoms with Gasteiger partial charge in [0, 0.05) is 11.7 Å². The van der Waals surface area contributed by atoms with E-state index in [0.717, 1.165) is 11.3 Å². The fourth-order valence-electron chi connectivity index (χ4n) is 1.73. The fourth-order valence-corrected chi connectivity index (χ4v) is 1.73. The molecule has 0 aliphatic carbocycles. The number of nitrogens with zero attached hydrogens (tertiary/aromatic N) is 2. The normalized spacial score (nSPS) is 10.4. The van der Waals surface area contributed by atoms with Crippen molar-refractivity contribution in [1.29, 1.82) is 0 Å². The highest BCUT2D eigenvalue weighted by Gasteiger charge is 2.09. The molecule has 0 saturated heterocycles. The van der Waals surface area contributed by atoms with Crippen LogP contribution in [0.5, 0.6) is 0 Å². The van der Waals surface area contributed by atoms with Gasteiger partial charge < -0.3 is 10.6 Å². The lowest BCUT2D eigenvalue weighted by atomic mass is 10.2. The molecule has 0 saturated carbocycles. The predicted octanol–water partition coefficient (Wildman–Crippen LogP) is 2.67. The van der Waals surface area contributed by atoms with Crippen molar-refractivity contribution in [2.75, 3.05) is 5.32 Å². The lowest BCUT2D eigenvalue weighted by molar-refractivity contribution is 0.0937. The summed E-state index contributed by atoms with van der Waals surface area (Å²) in [5.74, 6) is 0.395. The van der Waals surface area contributed by atoms with E-state index in [1.165, 1.54) is 0 Å². The number of nitrogens with one attached hydrogen (secondary N) is 2. The van der Waals surface area contributed by atoms with Gasteiger partial charge in [-0.15, -0.1) is 10.2 Å². The van der Waals surface area contributed by atoms with Crippen molar-refractivity contribution in [1.82, 2.24) is 15.5 Å². The first kappa shape index (κ1) is 14.0. The molecule has 0 bridgehead atoms. The van der Waals surface area contributed by atoms with E-state index >= 15 is 0 Å². The van der Waals surface area contributed by atoms with E-state index in [0.29, 0.717) is 11.5 Å². The number of benzene rings is 1. The molecule has 1 heterocycles. The zero-order valence-corrected chi connectivity index (χ0v) is 11.8. The largest absolute Gasteiger partial charge is 0.348 e. The van der Waals surface area contributed by atoms with E-state index in [1.54, 1.807) is 12.1 Å². The average Bonchev–Trinajstić information content (AvgIpc) is 2.38. The summed E-state index contributed by atoms with van der Waals surface area (Å²) in [7, 11) is 0. The molecule has 5 heteroatoms. The van der Waals surface area contributed by atoms with Gasteiger partial charge in [-0.25, -0.2) is 0 Å². The number of hydrogen-bond donors (Lipinski definition) is 2. The van der Waals surface area contributed by atoms with E-state index in [1.807, 2.05) is 45.0 Å². The molecule has 0 aliphatic heterocycles. The van der Waals surface area contributed by atoms with Crippen molar-refractivity contribution >= 4 is 17.4 Å². The molecule has 104 valence electrons. The minimum Gasteiger partial charge on any atom is -0.348 e. The number of aryl methyl sites for hydroxylation is 1. The molecule has 0 spiro atoms. The summed E-state index contributed by atoms with van der Waals surface area (Å²) in [6, 6.07) is 11.4. The van der Waals surface area contributed by atoms with Crippen LogP contribution in [0.25, 0.3) is 0 Å². The number of carbonyl (C=O) groups is 1. The molecule has 0 atom stereocenters. The van der Waals surface area contributed by atoms with Gasteiger partial charge >= 0.3 is 0 Å². The highest BCUT2D eigenvalue weighted by molar-refractivity contribution is 5.92. The monoisotopic (exact) mass is 270 g/mol. The van der Waals surface area contributed by atoms with Crippen molar-refractivity contribution in [3.8, 4) is 0 Å². The summed E-state index contributed by atoms with van der Waals surface area (Å²) >= 11 is 0. The van der Waals surface area contributed by atoms with Crippen LogP contribution in [0.4, 0.5) is 11.5 Å². The van der Waals surface area contributed by atoms with Crippen LogP contribution in [0.15, 0.2) is 36.4 Å². The fraction of sp³-hybridized carbons (Fsp3) is 0.267. The van der Waals surface area contributed by atoms with E-state index < -0.39 is 0 Å². The molecule has 5 nitrogen and oxygen atoms in total. The van der Waals surface area contributed by atoms with Crippen molar-refractivity contribution in [2.24, 2.45) is 0 Å². The van der Waals surface area contributed by atoms with Crippen LogP contribution < -0.4 is 10.6 Å². The van der Waals surface area contributed by atoms with Gasteiger partial charge in [0.05, 0.1) is 0 Å². The van der Waals surface area contributed by atoms with Gasteiger partial charge in [0.25, 0.3) is 5.91 Å². The number of anilines is 2. The second-order valence-corrected chi connectivity index (χ2v) is 4.93. The van der Waals surface area contributed by atoms with Gasteiger partial charge in [-0.1, -0.05) is 12.1 Å². The zero-order chi connectivity index (χ0) is 14.5. The highest BCUT2D eigenvalue weighted by atomic mass is 16.1. The first-order chi connectivity index (χ1) is 9.54. The molecular weight excluding hydrogens is 252 g/mol. The molecular formula is C15H18N4O. The third-order valence-corrected chi connectivity index (χ3v) is 2.61. The van der Waals surface area contributed by atoms with Gasteiger partial charge in [0.15, 0.2) is 11.5 Å².